The van der Waals surface area contributed by atoms with Crippen molar-refractivity contribution in [3.63, 3.8) is 0 Å². The molecule has 0 N–H and O–H groups in total. The number of rotatable bonds is 6. The molecular weight excluding hydrogens is 711 g/mol. The highest BCUT2D eigenvalue weighted by Crippen LogP contribution is 2.43. The summed E-state index contributed by atoms with van der Waals surface area (Å²) in [4.78, 5) is 15.5. The van der Waals surface area contributed by atoms with Gasteiger partial charge >= 0.3 is 0 Å². The van der Waals surface area contributed by atoms with Crippen molar-refractivity contribution in [3.05, 3.63) is 200 Å². The van der Waals surface area contributed by atoms with Gasteiger partial charge in [-0.15, -0.1) is 11.3 Å². The van der Waals surface area contributed by atoms with Gasteiger partial charge in [0.25, 0.3) is 0 Å². The number of pyridine rings is 1. The lowest BCUT2D eigenvalue weighted by atomic mass is 9.96. The zero-order valence-electron chi connectivity index (χ0n) is 30.8. The van der Waals surface area contributed by atoms with E-state index in [1.54, 1.807) is 0 Å². The Morgan fingerprint density at radius 2 is 0.860 bits per heavy atom. The molecule has 0 radical (unpaired) electrons. The highest BCUT2D eigenvalue weighted by atomic mass is 32.1. The summed E-state index contributed by atoms with van der Waals surface area (Å²) in [7, 11) is 0. The maximum absolute atomic E-state index is 5.25. The van der Waals surface area contributed by atoms with Crippen LogP contribution in [0.25, 0.3) is 109 Å². The van der Waals surface area contributed by atoms with E-state index >= 15 is 0 Å². The first-order valence-electron chi connectivity index (χ1n) is 19.2. The first-order valence-corrected chi connectivity index (χ1v) is 20.0. The van der Waals surface area contributed by atoms with Crippen LogP contribution >= 0.6 is 11.3 Å². The average molecular weight is 744 g/mol. The van der Waals surface area contributed by atoms with E-state index in [1.165, 1.54) is 41.9 Å². The molecule has 266 valence electrons. The normalized spacial score (nSPS) is 11.5. The summed E-state index contributed by atoms with van der Waals surface area (Å²) in [6, 6.07) is 70.7. The number of hydrogen-bond donors (Lipinski definition) is 0. The smallest absolute Gasteiger partial charge is 0.160 e. The van der Waals surface area contributed by atoms with Crippen LogP contribution in [-0.2, 0) is 0 Å². The second-order valence-electron chi connectivity index (χ2n) is 14.4. The summed E-state index contributed by atoms with van der Waals surface area (Å²) in [6.45, 7) is 0. The van der Waals surface area contributed by atoms with Crippen LogP contribution < -0.4 is 0 Å². The number of aromatic nitrogens is 3. The van der Waals surface area contributed by atoms with Gasteiger partial charge in [0.05, 0.1) is 22.6 Å². The van der Waals surface area contributed by atoms with E-state index in [-0.39, 0.29) is 0 Å². The number of nitrogens with zero attached hydrogens (tertiary/aromatic N) is 3. The third-order valence-electron chi connectivity index (χ3n) is 10.9. The summed E-state index contributed by atoms with van der Waals surface area (Å²) >= 11 is 1.87. The molecule has 11 aromatic rings. The SMILES string of the molecule is c1ccc(-c2cccc(-c3cc(-c4ccccc4)nc(-c4ccc(-c5ccc(-c6nc7ccccc7c7c6ccc6c8ccccc8sc67)cc5)cc4)n3)c2)cc1. The molecule has 0 bridgehead atoms. The Balaban J connectivity index is 0.955. The molecule has 11 rings (SSSR count). The lowest BCUT2D eigenvalue weighted by Gasteiger charge is -2.12. The van der Waals surface area contributed by atoms with E-state index in [2.05, 4.69) is 188 Å². The van der Waals surface area contributed by atoms with Crippen LogP contribution in [0.2, 0.25) is 0 Å². The number of thiophene rings is 1. The maximum Gasteiger partial charge on any atom is 0.160 e. The summed E-state index contributed by atoms with van der Waals surface area (Å²) in [6.07, 6.45) is 0. The van der Waals surface area contributed by atoms with E-state index in [1.807, 2.05) is 23.5 Å². The molecule has 0 aliphatic carbocycles. The fourth-order valence-electron chi connectivity index (χ4n) is 8.04. The molecule has 0 saturated heterocycles. The summed E-state index contributed by atoms with van der Waals surface area (Å²) in [5.74, 6) is 0.695. The minimum atomic E-state index is 0.695. The van der Waals surface area contributed by atoms with E-state index < -0.39 is 0 Å². The van der Waals surface area contributed by atoms with E-state index in [0.717, 1.165) is 61.5 Å². The van der Waals surface area contributed by atoms with Crippen LogP contribution in [0.15, 0.2) is 200 Å². The topological polar surface area (TPSA) is 38.7 Å². The van der Waals surface area contributed by atoms with Crippen LogP contribution in [0.4, 0.5) is 0 Å². The summed E-state index contributed by atoms with van der Waals surface area (Å²) < 4.78 is 2.62. The minimum Gasteiger partial charge on any atom is -0.247 e. The van der Waals surface area contributed by atoms with Gasteiger partial charge in [0.2, 0.25) is 0 Å². The number of benzene rings is 8. The van der Waals surface area contributed by atoms with Gasteiger partial charge in [-0.05, 0) is 46.5 Å². The Labute approximate surface area is 334 Å². The zero-order valence-corrected chi connectivity index (χ0v) is 31.6. The average Bonchev–Trinajstić information content (AvgIpc) is 3.68. The van der Waals surface area contributed by atoms with E-state index in [0.29, 0.717) is 5.82 Å². The molecule has 3 heterocycles. The molecule has 3 nitrogen and oxygen atoms in total. The molecule has 0 aliphatic rings. The first kappa shape index (κ1) is 33.1. The Bertz CT molecular complexity index is 3260. The number of hydrogen-bond acceptors (Lipinski definition) is 4. The molecule has 0 amide bonds. The van der Waals surface area contributed by atoms with Crippen LogP contribution in [0.3, 0.4) is 0 Å². The quantitative estimate of drug-likeness (QED) is 0.159. The van der Waals surface area contributed by atoms with Crippen LogP contribution in [0, 0.1) is 0 Å². The highest BCUT2D eigenvalue weighted by molar-refractivity contribution is 7.26. The Kier molecular flexibility index (Phi) is 8.01. The number of para-hydroxylation sites is 1. The third kappa shape index (κ3) is 5.95. The Hall–Kier alpha value is -7.27. The fraction of sp³-hybridized carbons (Fsp3) is 0. The van der Waals surface area contributed by atoms with Gasteiger partial charge in [-0.1, -0.05) is 176 Å². The van der Waals surface area contributed by atoms with Crippen molar-refractivity contribution in [2.45, 2.75) is 0 Å². The molecule has 3 aromatic heterocycles. The summed E-state index contributed by atoms with van der Waals surface area (Å²) in [5.41, 5.74) is 12.6. The standard InChI is InChI=1S/C53H33N3S/c1-3-12-34(13-4-1)40-16-11-17-41(32-40)48-33-47(37-14-5-2-6-15-37)55-53(56-48)39-28-24-36(25-29-39)35-22-26-38(27-23-35)51-45-31-30-43-42-18-8-10-21-49(42)57-52(43)50(45)44-19-7-9-20-46(44)54-51/h1-33H. The van der Waals surface area contributed by atoms with E-state index in [4.69, 9.17) is 15.0 Å². The molecule has 8 aromatic carbocycles. The Morgan fingerprint density at radius 1 is 0.316 bits per heavy atom. The molecular formula is C53H33N3S. The second-order valence-corrected chi connectivity index (χ2v) is 15.4. The van der Waals surface area contributed by atoms with Crippen LogP contribution in [0.1, 0.15) is 0 Å². The van der Waals surface area contributed by atoms with Gasteiger partial charge in [-0.2, -0.15) is 0 Å². The van der Waals surface area contributed by atoms with Gasteiger partial charge in [0.1, 0.15) is 0 Å². The van der Waals surface area contributed by atoms with Crippen LogP contribution in [0.5, 0.6) is 0 Å². The molecule has 0 aliphatic heterocycles. The molecule has 57 heavy (non-hydrogen) atoms. The van der Waals surface area contributed by atoms with Crippen molar-refractivity contribution in [1.82, 2.24) is 15.0 Å². The minimum absolute atomic E-state index is 0.695. The van der Waals surface area contributed by atoms with Gasteiger partial charge in [-0.3, -0.25) is 0 Å². The lowest BCUT2D eigenvalue weighted by Crippen LogP contribution is -1.96. The van der Waals surface area contributed by atoms with Crippen molar-refractivity contribution in [3.8, 4) is 67.4 Å². The molecule has 0 spiro atoms. The van der Waals surface area contributed by atoms with Crippen LogP contribution in [-0.4, -0.2) is 15.0 Å². The second kappa shape index (κ2) is 13.8. The van der Waals surface area contributed by atoms with Crippen molar-refractivity contribution in [2.75, 3.05) is 0 Å². The molecule has 0 unspecified atom stereocenters. The predicted molar refractivity (Wildman–Crippen MR) is 240 cm³/mol. The largest absolute Gasteiger partial charge is 0.247 e. The fourth-order valence-corrected chi connectivity index (χ4v) is 9.30. The lowest BCUT2D eigenvalue weighted by molar-refractivity contribution is 1.18. The third-order valence-corrected chi connectivity index (χ3v) is 12.1. The van der Waals surface area contributed by atoms with Gasteiger partial charge < -0.3 is 0 Å². The predicted octanol–water partition coefficient (Wildman–Crippen LogP) is 14.5. The van der Waals surface area contributed by atoms with Gasteiger partial charge in [0.15, 0.2) is 5.82 Å². The van der Waals surface area contributed by atoms with Gasteiger partial charge in [-0.25, -0.2) is 15.0 Å². The summed E-state index contributed by atoms with van der Waals surface area (Å²) in [5, 5.41) is 6.25. The Morgan fingerprint density at radius 3 is 1.61 bits per heavy atom. The zero-order chi connectivity index (χ0) is 37.7. The van der Waals surface area contributed by atoms with Crippen molar-refractivity contribution in [2.24, 2.45) is 0 Å². The van der Waals surface area contributed by atoms with Crippen molar-refractivity contribution in [1.29, 1.82) is 0 Å². The monoisotopic (exact) mass is 743 g/mol. The molecule has 0 atom stereocenters. The maximum atomic E-state index is 5.25. The first-order chi connectivity index (χ1) is 28.2. The van der Waals surface area contributed by atoms with E-state index in [9.17, 15) is 0 Å². The molecule has 0 fully saturated rings. The molecule has 0 saturated carbocycles. The van der Waals surface area contributed by atoms with Gasteiger partial charge in [0, 0.05) is 58.6 Å². The van der Waals surface area contributed by atoms with Crippen molar-refractivity contribution < 1.29 is 0 Å². The number of fused-ring (bicyclic) bond motifs is 7. The highest BCUT2D eigenvalue weighted by Gasteiger charge is 2.17. The van der Waals surface area contributed by atoms with Crippen molar-refractivity contribution >= 4 is 53.2 Å². The molecule has 4 heteroatoms.